The molecule has 1 heterocycles. The Morgan fingerprint density at radius 3 is 2.50 bits per heavy atom. The van der Waals surface area contributed by atoms with Gasteiger partial charge in [0.05, 0.1) is 0 Å². The smallest absolute Gasteiger partial charge is 0.138 e. The van der Waals surface area contributed by atoms with E-state index in [-0.39, 0.29) is 0 Å². The summed E-state index contributed by atoms with van der Waals surface area (Å²) in [7, 11) is 0. The second-order valence-corrected chi connectivity index (χ2v) is 5.28. The minimum atomic E-state index is 0.462. The third-order valence-electron chi connectivity index (χ3n) is 3.74. The van der Waals surface area contributed by atoms with Crippen LogP contribution in [0.25, 0.3) is 11.3 Å². The Morgan fingerprint density at radius 1 is 1.10 bits per heavy atom. The van der Waals surface area contributed by atoms with Crippen molar-refractivity contribution in [3.05, 3.63) is 41.2 Å². The monoisotopic (exact) mass is 272 g/mol. The van der Waals surface area contributed by atoms with E-state index in [2.05, 4.69) is 36.3 Å². The van der Waals surface area contributed by atoms with E-state index in [0.717, 1.165) is 29.0 Å². The second-order valence-electron chi connectivity index (χ2n) is 5.28. The Bertz CT molecular complexity index is 528. The van der Waals surface area contributed by atoms with E-state index in [0.29, 0.717) is 6.54 Å². The summed E-state index contributed by atoms with van der Waals surface area (Å²) < 4.78 is 5.23. The maximum atomic E-state index is 5.76. The highest BCUT2D eigenvalue weighted by Gasteiger charge is 2.12. The number of rotatable bonds is 7. The molecule has 0 amide bonds. The number of hydrogen-bond acceptors (Lipinski definition) is 3. The van der Waals surface area contributed by atoms with Crippen LogP contribution in [0.3, 0.4) is 0 Å². The van der Waals surface area contributed by atoms with Gasteiger partial charge in [0, 0.05) is 17.7 Å². The molecule has 0 spiro atoms. The summed E-state index contributed by atoms with van der Waals surface area (Å²) in [6.45, 7) is 4.61. The van der Waals surface area contributed by atoms with Crippen molar-refractivity contribution in [2.45, 2.75) is 52.5 Å². The average molecular weight is 272 g/mol. The number of benzene rings is 1. The predicted molar refractivity (Wildman–Crippen MR) is 82.4 cm³/mol. The highest BCUT2D eigenvalue weighted by Crippen LogP contribution is 2.25. The lowest BCUT2D eigenvalue weighted by atomic mass is 10.0. The Kier molecular flexibility index (Phi) is 5.36. The van der Waals surface area contributed by atoms with E-state index in [9.17, 15) is 0 Å². The first-order valence-corrected chi connectivity index (χ1v) is 7.50. The molecule has 0 aliphatic carbocycles. The van der Waals surface area contributed by atoms with Crippen molar-refractivity contribution >= 4 is 0 Å². The largest absolute Gasteiger partial charge is 0.361 e. The van der Waals surface area contributed by atoms with Crippen LogP contribution in [0, 0.1) is 6.92 Å². The summed E-state index contributed by atoms with van der Waals surface area (Å²) in [5.41, 5.74) is 10.1. The van der Waals surface area contributed by atoms with Crippen LogP contribution >= 0.6 is 0 Å². The molecule has 0 fully saturated rings. The second kappa shape index (κ2) is 7.25. The van der Waals surface area contributed by atoms with Gasteiger partial charge in [0.2, 0.25) is 0 Å². The van der Waals surface area contributed by atoms with Gasteiger partial charge in [0.15, 0.2) is 0 Å². The van der Waals surface area contributed by atoms with Gasteiger partial charge in [-0.1, -0.05) is 55.6 Å². The van der Waals surface area contributed by atoms with E-state index < -0.39 is 0 Å². The molecule has 0 radical (unpaired) electrons. The fourth-order valence-electron chi connectivity index (χ4n) is 2.44. The van der Waals surface area contributed by atoms with E-state index in [1.165, 1.54) is 31.2 Å². The van der Waals surface area contributed by atoms with Crippen LogP contribution < -0.4 is 5.73 Å². The Balaban J connectivity index is 2.04. The van der Waals surface area contributed by atoms with Crippen molar-refractivity contribution in [2.75, 3.05) is 0 Å². The van der Waals surface area contributed by atoms with E-state index in [1.54, 1.807) is 0 Å². The summed E-state index contributed by atoms with van der Waals surface area (Å²) in [6, 6.07) is 8.61. The molecule has 0 saturated heterocycles. The van der Waals surface area contributed by atoms with Crippen LogP contribution in [0.5, 0.6) is 0 Å². The number of nitrogens with zero attached hydrogens (tertiary/aromatic N) is 1. The zero-order valence-electron chi connectivity index (χ0n) is 12.5. The molecule has 2 aromatic rings. The van der Waals surface area contributed by atoms with E-state index >= 15 is 0 Å². The molecule has 0 saturated carbocycles. The number of unbranched alkanes of at least 4 members (excludes halogenated alkanes) is 3. The molecule has 0 aliphatic rings. The van der Waals surface area contributed by atoms with Crippen molar-refractivity contribution in [2.24, 2.45) is 5.73 Å². The van der Waals surface area contributed by atoms with Gasteiger partial charge in [-0.25, -0.2) is 0 Å². The third-order valence-corrected chi connectivity index (χ3v) is 3.74. The fourth-order valence-corrected chi connectivity index (χ4v) is 2.44. The fraction of sp³-hybridized carbons (Fsp3) is 0.471. The summed E-state index contributed by atoms with van der Waals surface area (Å²) in [5.74, 6) is 0.811. The third kappa shape index (κ3) is 3.48. The van der Waals surface area contributed by atoms with Crippen LogP contribution in [-0.4, -0.2) is 5.16 Å². The standard InChI is InChI=1S/C17H24N2O/c1-3-4-5-6-7-14-8-10-15(11-9-14)17-16(12-18)13(2)20-19-17/h8-11H,3-7,12,18H2,1-2H3. The number of hydrogen-bond donors (Lipinski definition) is 1. The molecular formula is C17H24N2O. The van der Waals surface area contributed by atoms with Gasteiger partial charge < -0.3 is 10.3 Å². The first-order valence-electron chi connectivity index (χ1n) is 7.50. The van der Waals surface area contributed by atoms with Crippen molar-refractivity contribution in [3.63, 3.8) is 0 Å². The van der Waals surface area contributed by atoms with Crippen molar-refractivity contribution in [1.29, 1.82) is 0 Å². The van der Waals surface area contributed by atoms with Crippen LogP contribution in [0.15, 0.2) is 28.8 Å². The number of nitrogens with two attached hydrogens (primary N) is 1. The first kappa shape index (κ1) is 14.8. The van der Waals surface area contributed by atoms with Gasteiger partial charge in [-0.2, -0.15) is 0 Å². The Hall–Kier alpha value is -1.61. The van der Waals surface area contributed by atoms with Gasteiger partial charge in [0.1, 0.15) is 11.5 Å². The predicted octanol–water partition coefficient (Wildman–Crippen LogP) is 4.23. The molecule has 20 heavy (non-hydrogen) atoms. The average Bonchev–Trinajstić information content (AvgIpc) is 2.85. The maximum absolute atomic E-state index is 5.76. The summed E-state index contributed by atoms with van der Waals surface area (Å²) in [4.78, 5) is 0. The molecule has 3 nitrogen and oxygen atoms in total. The number of aromatic nitrogens is 1. The van der Waals surface area contributed by atoms with Crippen LogP contribution in [-0.2, 0) is 13.0 Å². The normalized spacial score (nSPS) is 10.9. The SMILES string of the molecule is CCCCCCc1ccc(-c2noc(C)c2CN)cc1. The molecule has 0 unspecified atom stereocenters. The van der Waals surface area contributed by atoms with E-state index in [4.69, 9.17) is 10.3 Å². The minimum Gasteiger partial charge on any atom is -0.361 e. The first-order chi connectivity index (χ1) is 9.76. The molecule has 0 atom stereocenters. The van der Waals surface area contributed by atoms with Crippen LogP contribution in [0.2, 0.25) is 0 Å². The Morgan fingerprint density at radius 2 is 1.85 bits per heavy atom. The van der Waals surface area contributed by atoms with E-state index in [1.807, 2.05) is 6.92 Å². The lowest BCUT2D eigenvalue weighted by Gasteiger charge is -2.04. The maximum Gasteiger partial charge on any atom is 0.138 e. The summed E-state index contributed by atoms with van der Waals surface area (Å²) in [6.07, 6.45) is 6.35. The zero-order valence-corrected chi connectivity index (χ0v) is 12.5. The van der Waals surface area contributed by atoms with Crippen molar-refractivity contribution < 1.29 is 4.52 Å². The highest BCUT2D eigenvalue weighted by molar-refractivity contribution is 5.63. The lowest BCUT2D eigenvalue weighted by Crippen LogP contribution is -1.98. The van der Waals surface area contributed by atoms with Crippen LogP contribution in [0.4, 0.5) is 0 Å². The molecular weight excluding hydrogens is 248 g/mol. The topological polar surface area (TPSA) is 52.0 Å². The molecule has 1 aromatic heterocycles. The molecule has 108 valence electrons. The molecule has 2 N–H and O–H groups in total. The quantitative estimate of drug-likeness (QED) is 0.767. The molecule has 0 aliphatic heterocycles. The lowest BCUT2D eigenvalue weighted by molar-refractivity contribution is 0.398. The van der Waals surface area contributed by atoms with Crippen LogP contribution in [0.1, 0.15) is 49.5 Å². The Labute approximate surface area is 121 Å². The summed E-state index contributed by atoms with van der Waals surface area (Å²) in [5, 5.41) is 4.12. The van der Waals surface area contributed by atoms with Crippen molar-refractivity contribution in [1.82, 2.24) is 5.16 Å². The minimum absolute atomic E-state index is 0.462. The number of aryl methyl sites for hydroxylation is 2. The van der Waals surface area contributed by atoms with Gasteiger partial charge in [-0.15, -0.1) is 0 Å². The van der Waals surface area contributed by atoms with Gasteiger partial charge >= 0.3 is 0 Å². The molecule has 1 aromatic carbocycles. The van der Waals surface area contributed by atoms with Crippen molar-refractivity contribution in [3.8, 4) is 11.3 Å². The summed E-state index contributed by atoms with van der Waals surface area (Å²) >= 11 is 0. The van der Waals surface area contributed by atoms with Gasteiger partial charge in [-0.05, 0) is 25.3 Å². The van der Waals surface area contributed by atoms with Gasteiger partial charge in [-0.3, -0.25) is 0 Å². The highest BCUT2D eigenvalue weighted by atomic mass is 16.5. The molecule has 3 heteroatoms. The van der Waals surface area contributed by atoms with Gasteiger partial charge in [0.25, 0.3) is 0 Å². The molecule has 0 bridgehead atoms. The zero-order chi connectivity index (χ0) is 14.4. The molecule has 2 rings (SSSR count).